The summed E-state index contributed by atoms with van der Waals surface area (Å²) in [6.45, 7) is 0. The molecule has 2 rings (SSSR count). The molecule has 0 radical (unpaired) electrons. The second kappa shape index (κ2) is 3.97. The number of fused-ring (bicyclic) bond motifs is 1. The van der Waals surface area contributed by atoms with E-state index in [1.165, 1.54) is 6.33 Å². The third kappa shape index (κ3) is 1.49. The van der Waals surface area contributed by atoms with Gasteiger partial charge in [-0.3, -0.25) is 0 Å². The van der Waals surface area contributed by atoms with Crippen molar-refractivity contribution < 1.29 is 4.79 Å². The fourth-order valence-corrected chi connectivity index (χ4v) is 1.16. The first-order valence-electron chi connectivity index (χ1n) is 3.62. The molecule has 5 nitrogen and oxygen atoms in total. The Morgan fingerprint density at radius 2 is 2.07 bits per heavy atom. The molecule has 0 unspecified atom stereocenters. The molecule has 0 spiro atoms. The van der Waals surface area contributed by atoms with E-state index >= 15 is 0 Å². The van der Waals surface area contributed by atoms with Crippen LogP contribution in [0.2, 0.25) is 0 Å². The summed E-state index contributed by atoms with van der Waals surface area (Å²) in [6.07, 6.45) is 1.29. The molecule has 1 aromatic heterocycles. The predicted octanol–water partition coefficient (Wildman–Crippen LogP) is 2.19. The SMILES string of the molecule is Cl.O=NC(=O)n1cnc2ccccc21. The van der Waals surface area contributed by atoms with Gasteiger partial charge >= 0.3 is 6.03 Å². The fraction of sp³-hybridized carbons (Fsp3) is 0. The van der Waals surface area contributed by atoms with Crippen LogP contribution in [0.25, 0.3) is 11.0 Å². The molecule has 2 aromatic rings. The van der Waals surface area contributed by atoms with Crippen molar-refractivity contribution in [3.63, 3.8) is 0 Å². The number of nitroso groups, excluding NO2 is 1. The number of hydrogen-bond acceptors (Lipinski definition) is 3. The Balaban J connectivity index is 0.000000980. The van der Waals surface area contributed by atoms with Crippen LogP contribution in [0.4, 0.5) is 4.79 Å². The third-order valence-corrected chi connectivity index (χ3v) is 1.74. The number of rotatable bonds is 0. The number of halogens is 1. The zero-order valence-electron chi connectivity index (χ0n) is 6.95. The van der Waals surface area contributed by atoms with Crippen LogP contribution in [0.5, 0.6) is 0 Å². The molecule has 72 valence electrons. The Kier molecular flexibility index (Phi) is 2.93. The highest BCUT2D eigenvalue weighted by molar-refractivity contribution is 5.89. The van der Waals surface area contributed by atoms with Gasteiger partial charge in [-0.05, 0) is 12.1 Å². The number of carbonyl (C=O) groups is 1. The molecule has 0 aliphatic carbocycles. The molecular formula is C8H6ClN3O2. The van der Waals surface area contributed by atoms with Crippen molar-refractivity contribution in [3.05, 3.63) is 35.5 Å². The first-order chi connectivity index (χ1) is 6.33. The van der Waals surface area contributed by atoms with Crippen LogP contribution in [-0.2, 0) is 0 Å². The summed E-state index contributed by atoms with van der Waals surface area (Å²) in [5.41, 5.74) is 1.26. The molecule has 1 amide bonds. The summed E-state index contributed by atoms with van der Waals surface area (Å²) in [6, 6.07) is 6.17. The average molecular weight is 212 g/mol. The standard InChI is InChI=1S/C8H5N3O2.ClH/c12-8(10-13)11-5-9-6-3-1-2-4-7(6)11;/h1-5H;1H. The van der Waals surface area contributed by atoms with Crippen molar-refractivity contribution >= 4 is 29.5 Å². The van der Waals surface area contributed by atoms with Crippen molar-refractivity contribution in [1.29, 1.82) is 0 Å². The second-order valence-corrected chi connectivity index (χ2v) is 2.48. The van der Waals surface area contributed by atoms with E-state index in [1.807, 2.05) is 0 Å². The molecule has 0 aliphatic heterocycles. The molecule has 0 N–H and O–H groups in total. The van der Waals surface area contributed by atoms with Gasteiger partial charge < -0.3 is 0 Å². The molecule has 0 saturated carbocycles. The smallest absolute Gasteiger partial charge is 0.246 e. The molecule has 6 heteroatoms. The number of benzene rings is 1. The number of hydrogen-bond donors (Lipinski definition) is 0. The van der Waals surface area contributed by atoms with E-state index < -0.39 is 6.03 Å². The van der Waals surface area contributed by atoms with Gasteiger partial charge in [-0.25, -0.2) is 14.3 Å². The van der Waals surface area contributed by atoms with Gasteiger partial charge in [0, 0.05) is 5.18 Å². The van der Waals surface area contributed by atoms with E-state index in [2.05, 4.69) is 10.2 Å². The summed E-state index contributed by atoms with van der Waals surface area (Å²) in [4.78, 5) is 24.9. The number of para-hydroxylation sites is 2. The Morgan fingerprint density at radius 3 is 2.79 bits per heavy atom. The highest BCUT2D eigenvalue weighted by Crippen LogP contribution is 2.11. The Bertz CT molecular complexity index is 480. The van der Waals surface area contributed by atoms with E-state index in [9.17, 15) is 9.70 Å². The van der Waals surface area contributed by atoms with Crippen LogP contribution >= 0.6 is 12.4 Å². The van der Waals surface area contributed by atoms with E-state index in [1.54, 1.807) is 24.3 Å². The molecule has 0 saturated heterocycles. The molecule has 0 aliphatic rings. The number of carbonyl (C=O) groups excluding carboxylic acids is 1. The lowest BCUT2D eigenvalue weighted by Crippen LogP contribution is -2.02. The first kappa shape index (κ1) is 10.3. The van der Waals surface area contributed by atoms with Gasteiger partial charge in [-0.1, -0.05) is 12.1 Å². The summed E-state index contributed by atoms with van der Waals surface area (Å²) in [5.74, 6) is 0. The number of aromatic nitrogens is 2. The van der Waals surface area contributed by atoms with Crippen LogP contribution in [0.1, 0.15) is 0 Å². The highest BCUT2D eigenvalue weighted by Gasteiger charge is 2.08. The van der Waals surface area contributed by atoms with Crippen LogP contribution in [-0.4, -0.2) is 15.6 Å². The minimum absolute atomic E-state index is 0. The zero-order chi connectivity index (χ0) is 9.26. The molecule has 0 fully saturated rings. The summed E-state index contributed by atoms with van der Waals surface area (Å²) in [5, 5.41) is 2.32. The molecule has 14 heavy (non-hydrogen) atoms. The topological polar surface area (TPSA) is 64.3 Å². The summed E-state index contributed by atoms with van der Waals surface area (Å²) < 4.78 is 1.11. The van der Waals surface area contributed by atoms with Crippen molar-refractivity contribution in [2.75, 3.05) is 0 Å². The molecule has 1 heterocycles. The van der Waals surface area contributed by atoms with Gasteiger partial charge in [0.25, 0.3) is 0 Å². The molecular weight excluding hydrogens is 206 g/mol. The van der Waals surface area contributed by atoms with Gasteiger partial charge in [-0.2, -0.15) is 0 Å². The van der Waals surface area contributed by atoms with Gasteiger partial charge in [-0.15, -0.1) is 17.3 Å². The monoisotopic (exact) mass is 211 g/mol. The minimum Gasteiger partial charge on any atom is -0.246 e. The zero-order valence-corrected chi connectivity index (χ0v) is 7.77. The van der Waals surface area contributed by atoms with Gasteiger partial charge in [0.05, 0.1) is 11.0 Å². The van der Waals surface area contributed by atoms with Crippen molar-refractivity contribution in [2.45, 2.75) is 0 Å². The lowest BCUT2D eigenvalue weighted by molar-refractivity contribution is 0.251. The Hall–Kier alpha value is -1.75. The summed E-state index contributed by atoms with van der Waals surface area (Å²) in [7, 11) is 0. The van der Waals surface area contributed by atoms with Crippen LogP contribution < -0.4 is 0 Å². The van der Waals surface area contributed by atoms with Crippen LogP contribution in [0, 0.1) is 4.91 Å². The van der Waals surface area contributed by atoms with Gasteiger partial charge in [0.15, 0.2) is 0 Å². The second-order valence-electron chi connectivity index (χ2n) is 2.48. The van der Waals surface area contributed by atoms with E-state index in [0.717, 1.165) is 4.57 Å². The first-order valence-corrected chi connectivity index (χ1v) is 3.62. The largest absolute Gasteiger partial charge is 0.391 e. The molecule has 0 bridgehead atoms. The number of nitrogens with zero attached hydrogens (tertiary/aromatic N) is 3. The lowest BCUT2D eigenvalue weighted by atomic mass is 10.3. The lowest BCUT2D eigenvalue weighted by Gasteiger charge is -1.92. The molecule has 1 aromatic carbocycles. The molecule has 0 atom stereocenters. The number of imidazole rings is 1. The normalized spacial score (nSPS) is 9.43. The maximum absolute atomic E-state index is 10.9. The highest BCUT2D eigenvalue weighted by atomic mass is 35.5. The maximum atomic E-state index is 10.9. The van der Waals surface area contributed by atoms with Crippen molar-refractivity contribution in [2.24, 2.45) is 5.18 Å². The third-order valence-electron chi connectivity index (χ3n) is 1.74. The maximum Gasteiger partial charge on any atom is 0.391 e. The van der Waals surface area contributed by atoms with E-state index in [4.69, 9.17) is 0 Å². The van der Waals surface area contributed by atoms with Crippen molar-refractivity contribution in [3.8, 4) is 0 Å². The average Bonchev–Trinajstić information content (AvgIpc) is 2.60. The van der Waals surface area contributed by atoms with E-state index in [-0.39, 0.29) is 12.4 Å². The summed E-state index contributed by atoms with van der Waals surface area (Å²) >= 11 is 0. The Labute approximate surface area is 85.1 Å². The van der Waals surface area contributed by atoms with E-state index in [0.29, 0.717) is 11.0 Å². The minimum atomic E-state index is -0.853. The quantitative estimate of drug-likeness (QED) is 0.628. The predicted molar refractivity (Wildman–Crippen MR) is 53.6 cm³/mol. The van der Waals surface area contributed by atoms with Gasteiger partial charge in [0.1, 0.15) is 6.33 Å². The van der Waals surface area contributed by atoms with Crippen molar-refractivity contribution in [1.82, 2.24) is 9.55 Å². The van der Waals surface area contributed by atoms with Crippen LogP contribution in [0.3, 0.4) is 0 Å². The van der Waals surface area contributed by atoms with Crippen LogP contribution in [0.15, 0.2) is 35.8 Å². The fourth-order valence-electron chi connectivity index (χ4n) is 1.16. The Morgan fingerprint density at radius 1 is 1.36 bits per heavy atom. The number of amides is 1. The van der Waals surface area contributed by atoms with Gasteiger partial charge in [0.2, 0.25) is 0 Å².